The van der Waals surface area contributed by atoms with Gasteiger partial charge in [-0.1, -0.05) is 47.7 Å². The quantitative estimate of drug-likeness (QED) is 0.440. The van der Waals surface area contributed by atoms with Gasteiger partial charge in [-0.3, -0.25) is 9.59 Å². The molecule has 0 aromatic heterocycles. The summed E-state index contributed by atoms with van der Waals surface area (Å²) in [6.07, 6.45) is 0. The summed E-state index contributed by atoms with van der Waals surface area (Å²) in [5.41, 5.74) is 4.56. The molecule has 2 amide bonds. The number of nitrogens with one attached hydrogen (secondary N) is 1. The summed E-state index contributed by atoms with van der Waals surface area (Å²) < 4.78 is 5.72. The highest BCUT2D eigenvalue weighted by atomic mass is 32.2. The lowest BCUT2D eigenvalue weighted by Gasteiger charge is -2.17. The predicted molar refractivity (Wildman–Crippen MR) is 134 cm³/mol. The maximum Gasteiger partial charge on any atom is 0.283 e. The third-order valence-electron chi connectivity index (χ3n) is 5.19. The number of thioether (sulfide) groups is 1. The molecule has 3 aromatic carbocycles. The number of amides is 2. The molecule has 168 valence electrons. The summed E-state index contributed by atoms with van der Waals surface area (Å²) in [6.45, 7) is 8.31. The van der Waals surface area contributed by atoms with Crippen molar-refractivity contribution in [3.63, 3.8) is 0 Å². The first kappa shape index (κ1) is 22.7. The first-order valence-electron chi connectivity index (χ1n) is 10.8. The van der Waals surface area contributed by atoms with Crippen LogP contribution in [-0.2, 0) is 9.59 Å². The molecule has 5 nitrogen and oxygen atoms in total. The Morgan fingerprint density at radius 3 is 2.18 bits per heavy atom. The Balaban J connectivity index is 1.78. The van der Waals surface area contributed by atoms with Crippen LogP contribution in [-0.4, -0.2) is 18.4 Å². The minimum atomic E-state index is -0.383. The molecule has 0 saturated heterocycles. The number of aryl methyl sites for hydroxylation is 3. The van der Waals surface area contributed by atoms with Crippen molar-refractivity contribution in [3.8, 4) is 5.75 Å². The van der Waals surface area contributed by atoms with E-state index in [9.17, 15) is 9.59 Å². The van der Waals surface area contributed by atoms with Gasteiger partial charge in [0.1, 0.15) is 16.4 Å². The van der Waals surface area contributed by atoms with E-state index in [-0.39, 0.29) is 17.5 Å². The van der Waals surface area contributed by atoms with Crippen molar-refractivity contribution in [1.82, 2.24) is 0 Å². The lowest BCUT2D eigenvalue weighted by Crippen LogP contribution is -2.32. The standard InChI is InChI=1S/C27H26N2O3S/c1-5-32-23-9-7-6-8-22(23)28-24-25(33-21-12-10-17(2)11-13-21)27(31)29(26(24)30)20-15-18(3)14-19(4)16-20/h6-16,28H,5H2,1-4H3. The molecule has 4 rings (SSSR count). The van der Waals surface area contributed by atoms with Gasteiger partial charge in [-0.05, 0) is 75.2 Å². The molecule has 3 aromatic rings. The summed E-state index contributed by atoms with van der Waals surface area (Å²) in [5, 5.41) is 3.21. The van der Waals surface area contributed by atoms with Crippen LogP contribution in [0.4, 0.5) is 11.4 Å². The van der Waals surface area contributed by atoms with E-state index >= 15 is 0 Å². The summed E-state index contributed by atoms with van der Waals surface area (Å²) in [5.74, 6) is -0.102. The van der Waals surface area contributed by atoms with Crippen LogP contribution in [0.25, 0.3) is 0 Å². The summed E-state index contributed by atoms with van der Waals surface area (Å²) in [4.78, 5) is 29.7. The highest BCUT2D eigenvalue weighted by molar-refractivity contribution is 8.04. The molecule has 1 heterocycles. The maximum atomic E-state index is 13.6. The minimum absolute atomic E-state index is 0.247. The number of rotatable bonds is 7. The van der Waals surface area contributed by atoms with Gasteiger partial charge < -0.3 is 10.1 Å². The number of nitrogens with zero attached hydrogens (tertiary/aromatic N) is 1. The number of imide groups is 1. The van der Waals surface area contributed by atoms with Gasteiger partial charge in [0.25, 0.3) is 11.8 Å². The van der Waals surface area contributed by atoms with Crippen LogP contribution in [0.3, 0.4) is 0 Å². The van der Waals surface area contributed by atoms with E-state index in [0.717, 1.165) is 21.6 Å². The van der Waals surface area contributed by atoms with Crippen molar-refractivity contribution in [3.05, 3.63) is 94.0 Å². The summed E-state index contributed by atoms with van der Waals surface area (Å²) >= 11 is 1.29. The Hall–Kier alpha value is -3.51. The smallest absolute Gasteiger partial charge is 0.283 e. The highest BCUT2D eigenvalue weighted by Gasteiger charge is 2.40. The first-order chi connectivity index (χ1) is 15.9. The number of benzene rings is 3. The molecule has 33 heavy (non-hydrogen) atoms. The van der Waals surface area contributed by atoms with Gasteiger partial charge in [-0.15, -0.1) is 0 Å². The molecule has 0 fully saturated rings. The van der Waals surface area contributed by atoms with E-state index < -0.39 is 0 Å². The minimum Gasteiger partial charge on any atom is -0.492 e. The van der Waals surface area contributed by atoms with Crippen LogP contribution < -0.4 is 15.0 Å². The van der Waals surface area contributed by atoms with Gasteiger partial charge in [-0.25, -0.2) is 4.90 Å². The molecule has 0 bridgehead atoms. The van der Waals surface area contributed by atoms with Crippen LogP contribution >= 0.6 is 11.8 Å². The van der Waals surface area contributed by atoms with Crippen LogP contribution in [0.2, 0.25) is 0 Å². The van der Waals surface area contributed by atoms with Crippen LogP contribution in [0.1, 0.15) is 23.6 Å². The van der Waals surface area contributed by atoms with E-state index in [1.165, 1.54) is 16.7 Å². The van der Waals surface area contributed by atoms with Crippen molar-refractivity contribution >= 4 is 35.0 Å². The van der Waals surface area contributed by atoms with E-state index in [1.54, 1.807) is 0 Å². The number of ether oxygens (including phenoxy) is 1. The lowest BCUT2D eigenvalue weighted by atomic mass is 10.1. The number of hydrogen-bond acceptors (Lipinski definition) is 5. The number of para-hydroxylation sites is 2. The highest BCUT2D eigenvalue weighted by Crippen LogP contribution is 2.39. The van der Waals surface area contributed by atoms with Crippen molar-refractivity contribution in [1.29, 1.82) is 0 Å². The fourth-order valence-electron chi connectivity index (χ4n) is 3.74. The Bertz CT molecular complexity index is 1230. The first-order valence-corrected chi connectivity index (χ1v) is 11.6. The van der Waals surface area contributed by atoms with Gasteiger partial charge >= 0.3 is 0 Å². The number of carbonyl (C=O) groups excluding carboxylic acids is 2. The molecular formula is C27H26N2O3S. The molecule has 0 radical (unpaired) electrons. The Morgan fingerprint density at radius 2 is 1.52 bits per heavy atom. The second-order valence-corrected chi connectivity index (χ2v) is 9.05. The predicted octanol–water partition coefficient (Wildman–Crippen LogP) is 6.00. The third-order valence-corrected chi connectivity index (χ3v) is 6.28. The number of anilines is 2. The Morgan fingerprint density at radius 1 is 0.848 bits per heavy atom. The number of hydrogen-bond donors (Lipinski definition) is 1. The summed E-state index contributed by atoms with van der Waals surface area (Å²) in [7, 11) is 0. The number of carbonyl (C=O) groups is 2. The monoisotopic (exact) mass is 458 g/mol. The molecule has 1 N–H and O–H groups in total. The van der Waals surface area contributed by atoms with E-state index in [0.29, 0.717) is 28.6 Å². The van der Waals surface area contributed by atoms with Gasteiger partial charge in [0.15, 0.2) is 0 Å². The second-order valence-electron chi connectivity index (χ2n) is 7.97. The van der Waals surface area contributed by atoms with Gasteiger partial charge in [0.05, 0.1) is 18.0 Å². The maximum absolute atomic E-state index is 13.6. The molecule has 1 aliphatic heterocycles. The van der Waals surface area contributed by atoms with Crippen molar-refractivity contribution in [2.45, 2.75) is 32.6 Å². The summed E-state index contributed by atoms with van der Waals surface area (Å²) in [6, 6.07) is 21.0. The van der Waals surface area contributed by atoms with Gasteiger partial charge in [0, 0.05) is 4.90 Å². The zero-order valence-electron chi connectivity index (χ0n) is 19.1. The van der Waals surface area contributed by atoms with Crippen molar-refractivity contribution < 1.29 is 14.3 Å². The largest absolute Gasteiger partial charge is 0.492 e. The lowest BCUT2D eigenvalue weighted by molar-refractivity contribution is -0.120. The van der Waals surface area contributed by atoms with Crippen LogP contribution in [0.5, 0.6) is 5.75 Å². The van der Waals surface area contributed by atoms with E-state index in [2.05, 4.69) is 5.32 Å². The molecule has 0 unspecified atom stereocenters. The van der Waals surface area contributed by atoms with Crippen molar-refractivity contribution in [2.75, 3.05) is 16.8 Å². The molecular weight excluding hydrogens is 432 g/mol. The SMILES string of the molecule is CCOc1ccccc1NC1=C(Sc2ccc(C)cc2)C(=O)N(c2cc(C)cc(C)c2)C1=O. The molecule has 0 aliphatic carbocycles. The molecule has 6 heteroatoms. The topological polar surface area (TPSA) is 58.6 Å². The Labute approximate surface area is 198 Å². The average molecular weight is 459 g/mol. The van der Waals surface area contributed by atoms with Crippen molar-refractivity contribution in [2.24, 2.45) is 0 Å². The van der Waals surface area contributed by atoms with Gasteiger partial charge in [-0.2, -0.15) is 0 Å². The fraction of sp³-hybridized carbons (Fsp3) is 0.185. The van der Waals surface area contributed by atoms with E-state index in [1.807, 2.05) is 94.4 Å². The average Bonchev–Trinajstić information content (AvgIpc) is 3.00. The van der Waals surface area contributed by atoms with Gasteiger partial charge in [0.2, 0.25) is 0 Å². The normalized spacial score (nSPS) is 13.6. The Kier molecular flexibility index (Phi) is 6.56. The molecule has 1 aliphatic rings. The zero-order chi connectivity index (χ0) is 23.5. The second kappa shape index (κ2) is 9.55. The zero-order valence-corrected chi connectivity index (χ0v) is 20.0. The molecule has 0 spiro atoms. The van der Waals surface area contributed by atoms with E-state index in [4.69, 9.17) is 4.74 Å². The van der Waals surface area contributed by atoms with Crippen LogP contribution in [0, 0.1) is 20.8 Å². The van der Waals surface area contributed by atoms with Crippen LogP contribution in [0.15, 0.2) is 82.2 Å². The molecule has 0 saturated carbocycles. The fourth-order valence-corrected chi connectivity index (χ4v) is 4.67. The molecule has 0 atom stereocenters. The third kappa shape index (κ3) is 4.81.